The second kappa shape index (κ2) is 8.05. The average molecular weight is 380 g/mol. The molecule has 2 aromatic carbocycles. The molecule has 0 atom stereocenters. The lowest BCUT2D eigenvalue weighted by Gasteiger charge is -2.22. The maximum atomic E-state index is 12.6. The van der Waals surface area contributed by atoms with Crippen molar-refractivity contribution in [3.63, 3.8) is 0 Å². The molecule has 0 saturated heterocycles. The van der Waals surface area contributed by atoms with E-state index in [1.54, 1.807) is 48.5 Å². The fourth-order valence-electron chi connectivity index (χ4n) is 2.76. The van der Waals surface area contributed by atoms with E-state index < -0.39 is 15.7 Å². The molecular formula is C21H20N2O3S. The first-order chi connectivity index (χ1) is 12.9. The summed E-state index contributed by atoms with van der Waals surface area (Å²) in [6.07, 6.45) is 8.85. The first-order valence-corrected chi connectivity index (χ1v) is 9.92. The summed E-state index contributed by atoms with van der Waals surface area (Å²) < 4.78 is 25.3. The Morgan fingerprint density at radius 3 is 2.37 bits per heavy atom. The SMILES string of the molecule is NC(=O)C=CC1=CN(Cc2ccc(S(=O)(=O)c3ccccc3)cc2)CC=C1. The molecule has 0 radical (unpaired) electrons. The number of allylic oxidation sites excluding steroid dienone is 3. The Labute approximate surface area is 159 Å². The first kappa shape index (κ1) is 18.7. The summed E-state index contributed by atoms with van der Waals surface area (Å²) >= 11 is 0. The van der Waals surface area contributed by atoms with Crippen LogP contribution in [0.2, 0.25) is 0 Å². The van der Waals surface area contributed by atoms with E-state index in [2.05, 4.69) is 4.90 Å². The average Bonchev–Trinajstić information content (AvgIpc) is 2.68. The van der Waals surface area contributed by atoms with Crippen LogP contribution in [0.15, 0.2) is 100 Å². The van der Waals surface area contributed by atoms with E-state index >= 15 is 0 Å². The Balaban J connectivity index is 1.73. The normalized spacial score (nSPS) is 14.4. The van der Waals surface area contributed by atoms with E-state index in [4.69, 9.17) is 5.73 Å². The van der Waals surface area contributed by atoms with Crippen molar-refractivity contribution in [2.24, 2.45) is 5.73 Å². The summed E-state index contributed by atoms with van der Waals surface area (Å²) in [6.45, 7) is 1.36. The number of nitrogens with two attached hydrogens (primary N) is 1. The van der Waals surface area contributed by atoms with Crippen LogP contribution in [0.3, 0.4) is 0 Å². The van der Waals surface area contributed by atoms with Crippen LogP contribution < -0.4 is 5.73 Å². The molecule has 3 rings (SSSR count). The number of hydrogen-bond acceptors (Lipinski definition) is 4. The van der Waals surface area contributed by atoms with Crippen LogP contribution in [0, 0.1) is 0 Å². The molecule has 6 heteroatoms. The number of amides is 1. The molecule has 2 N–H and O–H groups in total. The molecule has 0 aromatic heterocycles. The molecule has 1 aliphatic heterocycles. The third kappa shape index (κ3) is 4.74. The first-order valence-electron chi connectivity index (χ1n) is 8.44. The highest BCUT2D eigenvalue weighted by molar-refractivity contribution is 7.91. The quantitative estimate of drug-likeness (QED) is 0.782. The minimum absolute atomic E-state index is 0.275. The number of primary amides is 1. The van der Waals surface area contributed by atoms with Gasteiger partial charge in [0.05, 0.1) is 9.79 Å². The second-order valence-corrected chi connectivity index (χ2v) is 8.11. The molecule has 0 bridgehead atoms. The van der Waals surface area contributed by atoms with Crippen LogP contribution in [0.1, 0.15) is 5.56 Å². The van der Waals surface area contributed by atoms with Crippen molar-refractivity contribution < 1.29 is 13.2 Å². The summed E-state index contributed by atoms with van der Waals surface area (Å²) in [4.78, 5) is 13.5. The Morgan fingerprint density at radius 2 is 1.70 bits per heavy atom. The van der Waals surface area contributed by atoms with Crippen molar-refractivity contribution >= 4 is 15.7 Å². The maximum Gasteiger partial charge on any atom is 0.241 e. The van der Waals surface area contributed by atoms with Gasteiger partial charge in [-0.1, -0.05) is 42.5 Å². The summed E-state index contributed by atoms with van der Waals surface area (Å²) in [7, 11) is -3.50. The number of carbonyl (C=O) groups is 1. The van der Waals surface area contributed by atoms with Crippen molar-refractivity contribution in [2.75, 3.05) is 6.54 Å². The van der Waals surface area contributed by atoms with Crippen LogP contribution in [0.4, 0.5) is 0 Å². The number of benzene rings is 2. The van der Waals surface area contributed by atoms with Crippen molar-refractivity contribution in [2.45, 2.75) is 16.3 Å². The highest BCUT2D eigenvalue weighted by atomic mass is 32.2. The van der Waals surface area contributed by atoms with E-state index in [0.717, 1.165) is 17.7 Å². The zero-order valence-corrected chi connectivity index (χ0v) is 15.5. The van der Waals surface area contributed by atoms with Crippen LogP contribution >= 0.6 is 0 Å². The van der Waals surface area contributed by atoms with Crippen molar-refractivity contribution in [3.05, 3.63) is 96.2 Å². The smallest absolute Gasteiger partial charge is 0.241 e. The van der Waals surface area contributed by atoms with Crippen LogP contribution in [-0.2, 0) is 21.2 Å². The van der Waals surface area contributed by atoms with E-state index in [1.165, 1.54) is 6.08 Å². The molecular weight excluding hydrogens is 360 g/mol. The van der Waals surface area contributed by atoms with Crippen LogP contribution in [0.25, 0.3) is 0 Å². The molecule has 1 heterocycles. The van der Waals surface area contributed by atoms with Crippen molar-refractivity contribution in [1.82, 2.24) is 4.90 Å². The monoisotopic (exact) mass is 380 g/mol. The Kier molecular flexibility index (Phi) is 5.57. The van der Waals surface area contributed by atoms with E-state index in [-0.39, 0.29) is 9.79 Å². The third-order valence-corrected chi connectivity index (χ3v) is 5.88. The lowest BCUT2D eigenvalue weighted by atomic mass is 10.1. The van der Waals surface area contributed by atoms with E-state index in [0.29, 0.717) is 6.54 Å². The molecule has 1 aliphatic rings. The largest absolute Gasteiger partial charge is 0.369 e. The molecule has 5 nitrogen and oxygen atoms in total. The van der Waals surface area contributed by atoms with Gasteiger partial charge < -0.3 is 10.6 Å². The van der Waals surface area contributed by atoms with E-state index in [1.807, 2.05) is 30.5 Å². The molecule has 27 heavy (non-hydrogen) atoms. The van der Waals surface area contributed by atoms with Gasteiger partial charge in [-0.25, -0.2) is 8.42 Å². The predicted molar refractivity (Wildman–Crippen MR) is 104 cm³/mol. The Morgan fingerprint density at radius 1 is 1.04 bits per heavy atom. The Bertz CT molecular complexity index is 1010. The molecule has 0 unspecified atom stereocenters. The van der Waals surface area contributed by atoms with Gasteiger partial charge in [0.15, 0.2) is 0 Å². The summed E-state index contributed by atoms with van der Waals surface area (Å²) in [5.41, 5.74) is 6.99. The van der Waals surface area contributed by atoms with Crippen molar-refractivity contribution in [3.8, 4) is 0 Å². The molecule has 138 valence electrons. The van der Waals surface area contributed by atoms with Crippen LogP contribution in [0.5, 0.6) is 0 Å². The summed E-state index contributed by atoms with van der Waals surface area (Å²) in [6, 6.07) is 15.3. The van der Waals surface area contributed by atoms with E-state index in [9.17, 15) is 13.2 Å². The van der Waals surface area contributed by atoms with Gasteiger partial charge in [-0.2, -0.15) is 0 Å². The summed E-state index contributed by atoms with van der Waals surface area (Å²) in [5, 5.41) is 0. The number of sulfone groups is 1. The third-order valence-electron chi connectivity index (χ3n) is 4.09. The fourth-order valence-corrected chi connectivity index (χ4v) is 4.04. The summed E-state index contributed by atoms with van der Waals surface area (Å²) in [5.74, 6) is -0.489. The van der Waals surface area contributed by atoms with Gasteiger partial charge in [-0.15, -0.1) is 0 Å². The fraction of sp³-hybridized carbons (Fsp3) is 0.0952. The number of rotatable bonds is 6. The highest BCUT2D eigenvalue weighted by Crippen LogP contribution is 2.21. The number of carbonyl (C=O) groups excluding carboxylic acids is 1. The highest BCUT2D eigenvalue weighted by Gasteiger charge is 2.17. The zero-order valence-electron chi connectivity index (χ0n) is 14.7. The second-order valence-electron chi connectivity index (χ2n) is 6.16. The molecule has 2 aromatic rings. The molecule has 0 spiro atoms. The Hall–Kier alpha value is -3.12. The van der Waals surface area contributed by atoms with Gasteiger partial charge in [0.2, 0.25) is 15.7 Å². The predicted octanol–water partition coefficient (Wildman–Crippen LogP) is 2.82. The molecule has 0 aliphatic carbocycles. The number of nitrogens with zero attached hydrogens (tertiary/aromatic N) is 1. The van der Waals surface area contributed by atoms with Gasteiger partial charge >= 0.3 is 0 Å². The molecule has 1 amide bonds. The van der Waals surface area contributed by atoms with Gasteiger partial charge in [-0.3, -0.25) is 4.79 Å². The van der Waals surface area contributed by atoms with Gasteiger partial charge in [0.25, 0.3) is 0 Å². The zero-order chi connectivity index (χ0) is 19.3. The standard InChI is InChI=1S/C21H20N2O3S/c22-21(24)13-10-17-5-4-14-23(15-17)16-18-8-11-20(12-9-18)27(25,26)19-6-2-1-3-7-19/h1-13,15H,14,16H2,(H2,22,24). The van der Waals surface area contributed by atoms with Gasteiger partial charge in [-0.05, 0) is 41.5 Å². The minimum Gasteiger partial charge on any atom is -0.369 e. The van der Waals surface area contributed by atoms with Crippen molar-refractivity contribution in [1.29, 1.82) is 0 Å². The minimum atomic E-state index is -3.50. The maximum absolute atomic E-state index is 12.6. The number of hydrogen-bond donors (Lipinski definition) is 1. The van der Waals surface area contributed by atoms with Crippen LogP contribution in [-0.4, -0.2) is 25.8 Å². The molecule has 0 fully saturated rings. The van der Waals surface area contributed by atoms with Gasteiger partial charge in [0.1, 0.15) is 0 Å². The topological polar surface area (TPSA) is 80.5 Å². The molecule has 0 saturated carbocycles. The van der Waals surface area contributed by atoms with Gasteiger partial charge in [0, 0.05) is 25.4 Å². The lowest BCUT2D eigenvalue weighted by molar-refractivity contribution is -0.113. The lowest BCUT2D eigenvalue weighted by Crippen LogP contribution is -2.19.